The van der Waals surface area contributed by atoms with E-state index in [0.717, 1.165) is 11.4 Å². The van der Waals surface area contributed by atoms with E-state index in [4.69, 9.17) is 0 Å². The van der Waals surface area contributed by atoms with Gasteiger partial charge < -0.3 is 5.32 Å². The first-order valence-electron chi connectivity index (χ1n) is 5.52. The predicted octanol–water partition coefficient (Wildman–Crippen LogP) is -0.314. The second-order valence-corrected chi connectivity index (χ2v) is 6.52. The fourth-order valence-electron chi connectivity index (χ4n) is 1.44. The zero-order valence-corrected chi connectivity index (χ0v) is 11.2. The van der Waals surface area contributed by atoms with Crippen LogP contribution in [0.25, 0.3) is 0 Å². The fourth-order valence-corrected chi connectivity index (χ4v) is 2.44. The molecule has 0 aliphatic carbocycles. The minimum Gasteiger partial charge on any atom is -0.355 e. The number of hydrogen-bond donors (Lipinski definition) is 2. The van der Waals surface area contributed by atoms with Crippen molar-refractivity contribution in [1.82, 2.24) is 15.5 Å². The Morgan fingerprint density at radius 2 is 1.89 bits per heavy atom. The Bertz CT molecular complexity index is 378. The van der Waals surface area contributed by atoms with Gasteiger partial charge in [0.25, 0.3) is 11.8 Å². The lowest BCUT2D eigenvalue weighted by Gasteiger charge is -2.13. The number of nitrogens with zero attached hydrogens (tertiary/aromatic N) is 1. The first kappa shape index (κ1) is 13.4. The maximum atomic E-state index is 11.5. The highest BCUT2D eigenvalue weighted by molar-refractivity contribution is 8.92. The minimum atomic E-state index is -0.350. The molecule has 0 atom stereocenters. The molecule has 1 fully saturated rings. The molecule has 0 bridgehead atoms. The SMILES string of the molecule is O=C(CCN1C(=O)C=CC1=O)NCCNC1SS1. The molecule has 0 radical (unpaired) electrons. The molecule has 3 amide bonds. The van der Waals surface area contributed by atoms with Crippen molar-refractivity contribution in [1.29, 1.82) is 0 Å². The average molecular weight is 287 g/mol. The van der Waals surface area contributed by atoms with Crippen LogP contribution >= 0.6 is 21.6 Å². The third kappa shape index (κ3) is 4.04. The molecule has 0 aromatic heterocycles. The second kappa shape index (κ2) is 6.26. The third-order valence-electron chi connectivity index (χ3n) is 2.41. The number of carbonyl (C=O) groups is 3. The largest absolute Gasteiger partial charge is 0.355 e. The molecule has 98 valence electrons. The number of amides is 3. The number of nitrogens with one attached hydrogen (secondary N) is 2. The predicted molar refractivity (Wildman–Crippen MR) is 70.5 cm³/mol. The Hall–Kier alpha value is -0.990. The van der Waals surface area contributed by atoms with E-state index in [-0.39, 0.29) is 30.7 Å². The summed E-state index contributed by atoms with van der Waals surface area (Å²) in [4.78, 5) is 34.9. The zero-order valence-electron chi connectivity index (χ0n) is 9.55. The summed E-state index contributed by atoms with van der Waals surface area (Å²) >= 11 is 0. The average Bonchev–Trinajstić information content (AvgIpc) is 3.11. The lowest BCUT2D eigenvalue weighted by atomic mass is 10.3. The van der Waals surface area contributed by atoms with Gasteiger partial charge in [0.05, 0.1) is 0 Å². The highest BCUT2D eigenvalue weighted by Gasteiger charge is 2.24. The van der Waals surface area contributed by atoms with E-state index in [9.17, 15) is 14.4 Å². The Kier molecular flexibility index (Phi) is 4.67. The standard InChI is InChI=1S/C10H13N3O3S2/c14-7(11-4-5-12-10-17-18-10)3-6-13-8(15)1-2-9(13)16/h1-2,10,12H,3-6H2,(H,11,14). The smallest absolute Gasteiger partial charge is 0.253 e. The summed E-state index contributed by atoms with van der Waals surface area (Å²) in [5, 5.41) is 5.94. The summed E-state index contributed by atoms with van der Waals surface area (Å²) in [7, 11) is 3.52. The van der Waals surface area contributed by atoms with Gasteiger partial charge in [-0.25, -0.2) is 0 Å². The van der Waals surface area contributed by atoms with Gasteiger partial charge in [0.2, 0.25) is 5.91 Å². The van der Waals surface area contributed by atoms with Gasteiger partial charge in [-0.05, 0) is 0 Å². The number of rotatable bonds is 7. The lowest BCUT2D eigenvalue weighted by Crippen LogP contribution is -2.36. The molecule has 18 heavy (non-hydrogen) atoms. The highest BCUT2D eigenvalue weighted by atomic mass is 33.2. The number of carbonyl (C=O) groups excluding carboxylic acids is 3. The van der Waals surface area contributed by atoms with E-state index in [1.807, 2.05) is 0 Å². The molecule has 2 rings (SSSR count). The van der Waals surface area contributed by atoms with Crippen LogP contribution in [0.2, 0.25) is 0 Å². The molecule has 2 aliphatic rings. The van der Waals surface area contributed by atoms with Crippen molar-refractivity contribution in [2.75, 3.05) is 19.6 Å². The van der Waals surface area contributed by atoms with Gasteiger partial charge in [-0.15, -0.1) is 0 Å². The molecule has 2 N–H and O–H groups in total. The molecule has 2 heterocycles. The molecule has 1 saturated heterocycles. The summed E-state index contributed by atoms with van der Waals surface area (Å²) in [6.45, 7) is 1.41. The first-order valence-corrected chi connectivity index (χ1v) is 7.80. The molecule has 0 aromatic carbocycles. The normalized spacial score (nSPS) is 18.6. The summed E-state index contributed by atoms with van der Waals surface area (Å²) < 4.78 is 0.466. The van der Waals surface area contributed by atoms with Crippen LogP contribution in [0.15, 0.2) is 12.2 Å². The van der Waals surface area contributed by atoms with Gasteiger partial charge in [0.1, 0.15) is 4.71 Å². The van der Waals surface area contributed by atoms with Crippen LogP contribution in [0.4, 0.5) is 0 Å². The molecular weight excluding hydrogens is 274 g/mol. The summed E-state index contributed by atoms with van der Waals surface area (Å²) in [5.41, 5.74) is 0. The van der Waals surface area contributed by atoms with Gasteiger partial charge in [-0.3, -0.25) is 24.6 Å². The Labute approximate surface area is 112 Å². The van der Waals surface area contributed by atoms with E-state index in [0.29, 0.717) is 11.3 Å². The zero-order chi connectivity index (χ0) is 13.0. The van der Waals surface area contributed by atoms with Gasteiger partial charge in [-0.2, -0.15) is 0 Å². The molecule has 6 nitrogen and oxygen atoms in total. The van der Waals surface area contributed by atoms with Crippen LogP contribution in [0.1, 0.15) is 6.42 Å². The van der Waals surface area contributed by atoms with E-state index in [1.54, 1.807) is 21.6 Å². The topological polar surface area (TPSA) is 78.5 Å². The minimum absolute atomic E-state index is 0.137. The molecule has 0 saturated carbocycles. The van der Waals surface area contributed by atoms with Crippen LogP contribution in [0, 0.1) is 0 Å². The van der Waals surface area contributed by atoms with Crippen LogP contribution < -0.4 is 10.6 Å². The second-order valence-electron chi connectivity index (χ2n) is 3.74. The van der Waals surface area contributed by atoms with Crippen molar-refractivity contribution < 1.29 is 14.4 Å². The van der Waals surface area contributed by atoms with Gasteiger partial charge in [0.15, 0.2) is 0 Å². The van der Waals surface area contributed by atoms with Crippen molar-refractivity contribution in [2.45, 2.75) is 11.1 Å². The Morgan fingerprint density at radius 3 is 2.50 bits per heavy atom. The van der Waals surface area contributed by atoms with Crippen molar-refractivity contribution >= 4 is 39.3 Å². The van der Waals surface area contributed by atoms with E-state index < -0.39 is 0 Å². The van der Waals surface area contributed by atoms with Crippen LogP contribution in [0.3, 0.4) is 0 Å². The van der Waals surface area contributed by atoms with Crippen LogP contribution in [-0.4, -0.2) is 47.0 Å². The maximum absolute atomic E-state index is 11.5. The third-order valence-corrected chi connectivity index (χ3v) is 4.29. The Balaban J connectivity index is 1.56. The summed E-state index contributed by atoms with van der Waals surface area (Å²) in [6.07, 6.45) is 2.58. The molecule has 2 aliphatic heterocycles. The fraction of sp³-hybridized carbons (Fsp3) is 0.500. The van der Waals surface area contributed by atoms with Gasteiger partial charge >= 0.3 is 0 Å². The first-order chi connectivity index (χ1) is 8.66. The van der Waals surface area contributed by atoms with Crippen LogP contribution in [-0.2, 0) is 14.4 Å². The van der Waals surface area contributed by atoms with E-state index in [1.165, 1.54) is 12.2 Å². The molecule has 0 aromatic rings. The van der Waals surface area contributed by atoms with Crippen molar-refractivity contribution in [3.05, 3.63) is 12.2 Å². The summed E-state index contributed by atoms with van der Waals surface area (Å²) in [6, 6.07) is 0. The van der Waals surface area contributed by atoms with Crippen molar-refractivity contribution in [3.8, 4) is 0 Å². The van der Waals surface area contributed by atoms with E-state index >= 15 is 0 Å². The number of hydrogen-bond acceptors (Lipinski definition) is 6. The monoisotopic (exact) mass is 287 g/mol. The maximum Gasteiger partial charge on any atom is 0.253 e. The molecular formula is C10H13N3O3S2. The molecule has 0 unspecified atom stereocenters. The van der Waals surface area contributed by atoms with Crippen LogP contribution in [0.5, 0.6) is 0 Å². The van der Waals surface area contributed by atoms with Gasteiger partial charge in [0, 0.05) is 38.2 Å². The summed E-state index contributed by atoms with van der Waals surface area (Å²) in [5.74, 6) is -0.852. The lowest BCUT2D eigenvalue weighted by molar-refractivity contribution is -0.137. The van der Waals surface area contributed by atoms with Crippen molar-refractivity contribution in [2.24, 2.45) is 0 Å². The van der Waals surface area contributed by atoms with Crippen molar-refractivity contribution in [3.63, 3.8) is 0 Å². The Morgan fingerprint density at radius 1 is 1.22 bits per heavy atom. The van der Waals surface area contributed by atoms with E-state index in [2.05, 4.69) is 10.6 Å². The number of imide groups is 1. The molecule has 8 heteroatoms. The quantitative estimate of drug-likeness (QED) is 0.289. The molecule has 0 spiro atoms. The highest BCUT2D eigenvalue weighted by Crippen LogP contribution is 2.50. The van der Waals surface area contributed by atoms with Gasteiger partial charge in [-0.1, -0.05) is 21.6 Å².